The van der Waals surface area contributed by atoms with E-state index in [2.05, 4.69) is 34.6 Å². The summed E-state index contributed by atoms with van der Waals surface area (Å²) in [6, 6.07) is 0. The monoisotopic (exact) mass is 1400 g/mol. The number of aliphatic hydroxyl groups is 1. The van der Waals surface area contributed by atoms with Crippen molar-refractivity contribution in [3.63, 3.8) is 0 Å². The van der Waals surface area contributed by atoms with Crippen LogP contribution in [0.4, 0.5) is 0 Å². The molecule has 17 nitrogen and oxygen atoms in total. The van der Waals surface area contributed by atoms with Crippen molar-refractivity contribution in [2.45, 2.75) is 419 Å². The highest BCUT2D eigenvalue weighted by Crippen LogP contribution is 2.45. The minimum Gasteiger partial charge on any atom is -0.462 e. The third-order valence-corrected chi connectivity index (χ3v) is 19.7. The van der Waals surface area contributed by atoms with E-state index in [0.29, 0.717) is 31.6 Å². The Morgan fingerprint density at radius 2 is 0.484 bits per heavy atom. The molecular formula is C76H148O17P2. The summed E-state index contributed by atoms with van der Waals surface area (Å²) >= 11 is 0. The first-order valence-corrected chi connectivity index (χ1v) is 42.6. The molecule has 0 aliphatic carbocycles. The first kappa shape index (κ1) is 93.1. The molecule has 95 heavy (non-hydrogen) atoms. The van der Waals surface area contributed by atoms with Gasteiger partial charge in [-0.15, -0.1) is 0 Å². The van der Waals surface area contributed by atoms with Gasteiger partial charge in [0, 0.05) is 25.7 Å². The Kier molecular flexibility index (Phi) is 67.7. The Hall–Kier alpha value is -1.94. The topological polar surface area (TPSA) is 237 Å². The molecule has 0 fully saturated rings. The van der Waals surface area contributed by atoms with Crippen molar-refractivity contribution in [3.8, 4) is 0 Å². The van der Waals surface area contributed by atoms with E-state index in [1.54, 1.807) is 0 Å². The van der Waals surface area contributed by atoms with Crippen molar-refractivity contribution in [3.05, 3.63) is 0 Å². The summed E-state index contributed by atoms with van der Waals surface area (Å²) in [5.41, 5.74) is 0. The highest BCUT2D eigenvalue weighted by Gasteiger charge is 2.30. The Balaban J connectivity index is 5.22. The van der Waals surface area contributed by atoms with Gasteiger partial charge in [-0.2, -0.15) is 0 Å². The minimum atomic E-state index is -4.96. The van der Waals surface area contributed by atoms with Crippen LogP contribution in [0.15, 0.2) is 0 Å². The van der Waals surface area contributed by atoms with E-state index < -0.39 is 97.5 Å². The Labute approximate surface area is 581 Å². The fourth-order valence-electron chi connectivity index (χ4n) is 11.7. The van der Waals surface area contributed by atoms with E-state index in [1.807, 2.05) is 0 Å². The largest absolute Gasteiger partial charge is 0.472 e. The Morgan fingerprint density at radius 1 is 0.284 bits per heavy atom. The van der Waals surface area contributed by atoms with E-state index in [0.717, 1.165) is 96.3 Å². The van der Waals surface area contributed by atoms with Crippen LogP contribution in [0.1, 0.15) is 401 Å². The highest BCUT2D eigenvalue weighted by molar-refractivity contribution is 7.47. The van der Waals surface area contributed by atoms with Gasteiger partial charge in [-0.1, -0.05) is 349 Å². The van der Waals surface area contributed by atoms with Crippen LogP contribution in [0.2, 0.25) is 0 Å². The Bertz CT molecular complexity index is 1820. The SMILES string of the molecule is CCCCCCCCCCCCCCCCCCCCC(=O)O[C@H](COC(=O)CCCCCCCCCCCCCCCC)COP(=O)(O)OC[C@@H](O)COP(=O)(O)OC[C@@H](COC(=O)CCCCCCCCC(C)C)OC(=O)CCCCCCCCCCCCCCCC. The second-order valence-electron chi connectivity index (χ2n) is 27.9. The lowest BCUT2D eigenvalue weighted by Crippen LogP contribution is -2.30. The second-order valence-corrected chi connectivity index (χ2v) is 30.8. The van der Waals surface area contributed by atoms with Gasteiger partial charge >= 0.3 is 39.5 Å². The molecule has 0 amide bonds. The van der Waals surface area contributed by atoms with E-state index in [9.17, 15) is 43.2 Å². The lowest BCUT2D eigenvalue weighted by molar-refractivity contribution is -0.161. The number of ether oxygens (including phenoxy) is 4. The molecule has 2 unspecified atom stereocenters. The van der Waals surface area contributed by atoms with Crippen molar-refractivity contribution in [1.82, 2.24) is 0 Å². The number of hydrogen-bond acceptors (Lipinski definition) is 15. The van der Waals surface area contributed by atoms with Crippen molar-refractivity contribution in [2.24, 2.45) is 5.92 Å². The summed E-state index contributed by atoms with van der Waals surface area (Å²) in [7, 11) is -9.91. The zero-order valence-electron chi connectivity index (χ0n) is 61.8. The number of rotatable bonds is 76. The van der Waals surface area contributed by atoms with Gasteiger partial charge in [-0.25, -0.2) is 9.13 Å². The molecule has 0 aliphatic heterocycles. The van der Waals surface area contributed by atoms with Gasteiger partial charge in [0.1, 0.15) is 19.3 Å². The first-order valence-electron chi connectivity index (χ1n) is 39.6. The molecule has 0 rings (SSSR count). The van der Waals surface area contributed by atoms with E-state index in [4.69, 9.17) is 37.0 Å². The smallest absolute Gasteiger partial charge is 0.462 e. The summed E-state index contributed by atoms with van der Waals surface area (Å²) in [5, 5.41) is 10.6. The fourth-order valence-corrected chi connectivity index (χ4v) is 13.3. The van der Waals surface area contributed by atoms with Crippen molar-refractivity contribution in [1.29, 1.82) is 0 Å². The van der Waals surface area contributed by atoms with Crippen LogP contribution in [-0.4, -0.2) is 96.7 Å². The number of unbranched alkanes of at least 4 members (excludes halogenated alkanes) is 48. The molecule has 564 valence electrons. The molecule has 0 spiro atoms. The number of hydrogen-bond donors (Lipinski definition) is 3. The average Bonchev–Trinajstić information content (AvgIpc) is 1.58. The van der Waals surface area contributed by atoms with Crippen molar-refractivity contribution in [2.75, 3.05) is 39.6 Å². The normalized spacial score (nSPS) is 13.9. The number of phosphoric acid groups is 2. The Morgan fingerprint density at radius 3 is 0.716 bits per heavy atom. The van der Waals surface area contributed by atoms with E-state index in [1.165, 1.54) is 218 Å². The van der Waals surface area contributed by atoms with Gasteiger partial charge in [-0.3, -0.25) is 37.3 Å². The maximum absolute atomic E-state index is 13.1. The number of aliphatic hydroxyl groups excluding tert-OH is 1. The van der Waals surface area contributed by atoms with Crippen LogP contribution in [0.3, 0.4) is 0 Å². The number of esters is 4. The minimum absolute atomic E-state index is 0.107. The quantitative estimate of drug-likeness (QED) is 0.0222. The maximum atomic E-state index is 13.1. The maximum Gasteiger partial charge on any atom is 0.472 e. The molecule has 5 atom stereocenters. The molecule has 0 bridgehead atoms. The summed E-state index contributed by atoms with van der Waals surface area (Å²) in [4.78, 5) is 72.8. The van der Waals surface area contributed by atoms with Gasteiger partial charge in [-0.05, 0) is 31.6 Å². The zero-order chi connectivity index (χ0) is 69.8. The molecule has 0 heterocycles. The third kappa shape index (κ3) is 70.3. The molecule has 3 N–H and O–H groups in total. The van der Waals surface area contributed by atoms with E-state index >= 15 is 0 Å². The molecular weight excluding hydrogens is 1250 g/mol. The van der Waals surface area contributed by atoms with Gasteiger partial charge in [0.15, 0.2) is 12.2 Å². The molecule has 0 aromatic carbocycles. The second kappa shape index (κ2) is 69.2. The molecule has 0 saturated carbocycles. The van der Waals surface area contributed by atoms with E-state index in [-0.39, 0.29) is 25.7 Å². The van der Waals surface area contributed by atoms with Crippen LogP contribution >= 0.6 is 15.6 Å². The zero-order valence-corrected chi connectivity index (χ0v) is 63.6. The predicted octanol–water partition coefficient (Wildman–Crippen LogP) is 22.5. The van der Waals surface area contributed by atoms with Gasteiger partial charge < -0.3 is 33.8 Å². The average molecular weight is 1400 g/mol. The summed E-state index contributed by atoms with van der Waals surface area (Å²) < 4.78 is 68.5. The molecule has 0 radical (unpaired) electrons. The van der Waals surface area contributed by atoms with Gasteiger partial charge in [0.25, 0.3) is 0 Å². The van der Waals surface area contributed by atoms with Crippen molar-refractivity contribution < 1.29 is 80.2 Å². The number of phosphoric ester groups is 2. The summed E-state index contributed by atoms with van der Waals surface area (Å²) in [6.07, 6.45) is 58.3. The standard InChI is InChI=1S/C76H148O17P2/c1-6-9-12-15-18-21-24-27-30-31-32-33-36-39-42-45-52-57-62-75(80)92-71(65-86-73(78)59-54-49-43-40-37-34-28-25-22-19-16-13-10-7-2)67-90-94(82,83)88-63-70(77)64-89-95(84,85)91-68-72(66-87-74(79)60-55-50-47-46-48-53-58-69(4)5)93-76(81)61-56-51-44-41-38-35-29-26-23-20-17-14-11-8-3/h69-72,77H,6-68H2,1-5H3,(H,82,83)(H,84,85)/t70-,71-,72-/m1/s1. The fraction of sp³-hybridized carbons (Fsp3) is 0.947. The molecule has 0 aromatic rings. The number of carbonyl (C=O) groups is 4. The van der Waals surface area contributed by atoms with Crippen molar-refractivity contribution >= 4 is 39.5 Å². The third-order valence-electron chi connectivity index (χ3n) is 17.8. The summed E-state index contributed by atoms with van der Waals surface area (Å²) in [6.45, 7) is 7.22. The van der Waals surface area contributed by atoms with Gasteiger partial charge in [0.05, 0.1) is 26.4 Å². The highest BCUT2D eigenvalue weighted by atomic mass is 31.2. The van der Waals surface area contributed by atoms with Gasteiger partial charge in [0.2, 0.25) is 0 Å². The van der Waals surface area contributed by atoms with Crippen LogP contribution in [0.25, 0.3) is 0 Å². The predicted molar refractivity (Wildman–Crippen MR) is 386 cm³/mol. The van der Waals surface area contributed by atoms with Crippen LogP contribution in [0.5, 0.6) is 0 Å². The number of carbonyl (C=O) groups excluding carboxylic acids is 4. The van der Waals surface area contributed by atoms with Crippen LogP contribution in [0, 0.1) is 5.92 Å². The molecule has 0 saturated heterocycles. The molecule has 19 heteroatoms. The lowest BCUT2D eigenvalue weighted by Gasteiger charge is -2.21. The summed E-state index contributed by atoms with van der Waals surface area (Å²) in [5.74, 6) is -1.43. The lowest BCUT2D eigenvalue weighted by atomic mass is 10.0. The van der Waals surface area contributed by atoms with Crippen LogP contribution < -0.4 is 0 Å². The first-order chi connectivity index (χ1) is 46.0. The van der Waals surface area contributed by atoms with Crippen LogP contribution in [-0.2, 0) is 65.4 Å². The molecule has 0 aromatic heterocycles. The molecule has 0 aliphatic rings.